The average molecular weight is 510 g/mol. The number of rotatable bonds is 7. The van der Waals surface area contributed by atoms with E-state index < -0.39 is 0 Å². The second-order valence-electron chi connectivity index (χ2n) is 10.2. The molecular weight excluding hydrogens is 478 g/mol. The molecule has 0 unspecified atom stereocenters. The van der Waals surface area contributed by atoms with E-state index >= 15 is 0 Å². The predicted molar refractivity (Wildman–Crippen MR) is 144 cm³/mol. The van der Waals surface area contributed by atoms with Gasteiger partial charge in [-0.25, -0.2) is 0 Å². The molecule has 2 amide bonds. The van der Waals surface area contributed by atoms with Gasteiger partial charge in [-0.2, -0.15) is 0 Å². The van der Waals surface area contributed by atoms with Crippen molar-refractivity contribution in [1.82, 2.24) is 19.9 Å². The molecule has 2 N–H and O–H groups in total. The lowest BCUT2D eigenvalue weighted by Crippen LogP contribution is -2.56. The second-order valence-corrected chi connectivity index (χ2v) is 10.2. The molecule has 8 nitrogen and oxygen atoms in total. The highest BCUT2D eigenvalue weighted by molar-refractivity contribution is 5.93. The molecular formula is C30H31N5O3. The zero-order valence-corrected chi connectivity index (χ0v) is 21.4. The lowest BCUT2D eigenvalue weighted by molar-refractivity contribution is -0.114. The SMILES string of the molecule is CC(=O)Nc1ccc(CNC(=O)c2ccc3n2CCN(Cc2ccc(-c4ccon4)cc2)C32CCC2)cc1. The van der Waals surface area contributed by atoms with Crippen LogP contribution in [0.15, 0.2) is 77.5 Å². The molecule has 1 saturated carbocycles. The van der Waals surface area contributed by atoms with Crippen LogP contribution in [0.25, 0.3) is 11.3 Å². The van der Waals surface area contributed by atoms with E-state index in [0.717, 1.165) is 60.7 Å². The first kappa shape index (κ1) is 24.2. The Balaban J connectivity index is 1.14. The van der Waals surface area contributed by atoms with E-state index in [0.29, 0.717) is 6.54 Å². The Bertz CT molecular complexity index is 1430. The normalized spacial score (nSPS) is 16.0. The first-order valence-corrected chi connectivity index (χ1v) is 13.1. The van der Waals surface area contributed by atoms with E-state index in [-0.39, 0.29) is 17.4 Å². The van der Waals surface area contributed by atoms with Crippen LogP contribution in [0.2, 0.25) is 0 Å². The molecule has 1 spiro atoms. The number of carbonyl (C=O) groups is 2. The Hall–Kier alpha value is -4.17. The van der Waals surface area contributed by atoms with Gasteiger partial charge in [0.2, 0.25) is 5.91 Å². The summed E-state index contributed by atoms with van der Waals surface area (Å²) in [6.45, 7) is 4.48. The summed E-state index contributed by atoms with van der Waals surface area (Å²) in [7, 11) is 0. The van der Waals surface area contributed by atoms with Gasteiger partial charge in [0.1, 0.15) is 17.7 Å². The van der Waals surface area contributed by atoms with E-state index in [9.17, 15) is 9.59 Å². The third-order valence-electron chi connectivity index (χ3n) is 7.86. The number of amides is 2. The van der Waals surface area contributed by atoms with Crippen molar-refractivity contribution in [1.29, 1.82) is 0 Å². The van der Waals surface area contributed by atoms with Crippen LogP contribution in [0, 0.1) is 0 Å². The third kappa shape index (κ3) is 4.52. The maximum absolute atomic E-state index is 13.2. The van der Waals surface area contributed by atoms with Crippen molar-refractivity contribution in [3.63, 3.8) is 0 Å². The summed E-state index contributed by atoms with van der Waals surface area (Å²) in [6, 6.07) is 22.1. The largest absolute Gasteiger partial charge is 0.364 e. The van der Waals surface area contributed by atoms with Gasteiger partial charge < -0.3 is 19.7 Å². The minimum atomic E-state index is -0.104. The zero-order valence-electron chi connectivity index (χ0n) is 21.4. The van der Waals surface area contributed by atoms with Crippen molar-refractivity contribution < 1.29 is 14.1 Å². The minimum Gasteiger partial charge on any atom is -0.364 e. The van der Waals surface area contributed by atoms with Gasteiger partial charge in [-0.3, -0.25) is 14.5 Å². The van der Waals surface area contributed by atoms with Gasteiger partial charge in [-0.1, -0.05) is 41.6 Å². The number of nitrogens with one attached hydrogen (secondary N) is 2. The van der Waals surface area contributed by atoms with Crippen molar-refractivity contribution >= 4 is 17.5 Å². The third-order valence-corrected chi connectivity index (χ3v) is 7.86. The summed E-state index contributed by atoms with van der Waals surface area (Å²) in [5.74, 6) is -0.165. The van der Waals surface area contributed by atoms with Gasteiger partial charge in [0, 0.05) is 56.1 Å². The second kappa shape index (κ2) is 9.95. The standard InChI is InChI=1S/C30H31N5O3/c1-21(36)32-25-9-5-22(6-10-25)19-31-29(37)27-11-12-28-30(14-2-15-30)34(16-17-35(27)28)20-23-3-7-24(8-4-23)26-13-18-38-33-26/h3-13,18H,2,14-17,19-20H2,1H3,(H,31,37)(H,32,36). The summed E-state index contributed by atoms with van der Waals surface area (Å²) in [5, 5.41) is 9.86. The summed E-state index contributed by atoms with van der Waals surface area (Å²) in [4.78, 5) is 27.0. The molecule has 1 fully saturated rings. The van der Waals surface area contributed by atoms with Crippen molar-refractivity contribution in [2.75, 3.05) is 11.9 Å². The number of aromatic nitrogens is 2. The van der Waals surface area contributed by atoms with Crippen LogP contribution in [0.3, 0.4) is 0 Å². The van der Waals surface area contributed by atoms with E-state index in [4.69, 9.17) is 4.52 Å². The average Bonchev–Trinajstić information content (AvgIpc) is 3.58. The molecule has 3 heterocycles. The fourth-order valence-corrected chi connectivity index (χ4v) is 5.77. The molecule has 2 aliphatic rings. The number of nitrogens with zero attached hydrogens (tertiary/aromatic N) is 3. The molecule has 38 heavy (non-hydrogen) atoms. The van der Waals surface area contributed by atoms with Crippen LogP contribution in [0.4, 0.5) is 5.69 Å². The molecule has 4 aromatic rings. The first-order valence-electron chi connectivity index (χ1n) is 13.1. The summed E-state index contributed by atoms with van der Waals surface area (Å²) < 4.78 is 7.19. The van der Waals surface area contributed by atoms with Gasteiger partial charge in [0.25, 0.3) is 5.91 Å². The van der Waals surface area contributed by atoms with Crippen molar-refractivity contribution in [2.24, 2.45) is 0 Å². The molecule has 1 aliphatic heterocycles. The molecule has 6 rings (SSSR count). The van der Waals surface area contributed by atoms with Crippen LogP contribution in [-0.2, 0) is 30.0 Å². The quantitative estimate of drug-likeness (QED) is 0.369. The lowest BCUT2D eigenvalue weighted by Gasteiger charge is -2.53. The molecule has 194 valence electrons. The van der Waals surface area contributed by atoms with E-state index in [1.165, 1.54) is 24.6 Å². The van der Waals surface area contributed by atoms with Crippen LogP contribution < -0.4 is 10.6 Å². The Morgan fingerprint density at radius 3 is 2.37 bits per heavy atom. The van der Waals surface area contributed by atoms with Crippen LogP contribution in [-0.4, -0.2) is 33.0 Å². The molecule has 0 atom stereocenters. The smallest absolute Gasteiger partial charge is 0.268 e. The number of hydrogen-bond acceptors (Lipinski definition) is 5. The van der Waals surface area contributed by atoms with Crippen molar-refractivity contribution in [3.8, 4) is 11.3 Å². The maximum Gasteiger partial charge on any atom is 0.268 e. The van der Waals surface area contributed by atoms with Crippen molar-refractivity contribution in [2.45, 2.75) is 51.4 Å². The number of fused-ring (bicyclic) bond motifs is 2. The highest BCUT2D eigenvalue weighted by Gasteiger charge is 2.48. The van der Waals surface area contributed by atoms with Gasteiger partial charge in [-0.05, 0) is 54.7 Å². The van der Waals surface area contributed by atoms with Crippen LogP contribution in [0.1, 0.15) is 53.5 Å². The highest BCUT2D eigenvalue weighted by atomic mass is 16.5. The fourth-order valence-electron chi connectivity index (χ4n) is 5.77. The highest BCUT2D eigenvalue weighted by Crippen LogP contribution is 2.49. The van der Waals surface area contributed by atoms with Crippen molar-refractivity contribution in [3.05, 3.63) is 95.5 Å². The molecule has 0 radical (unpaired) electrons. The molecule has 1 aliphatic carbocycles. The van der Waals surface area contributed by atoms with Crippen LogP contribution >= 0.6 is 0 Å². The molecule has 0 bridgehead atoms. The Kier molecular flexibility index (Phi) is 6.33. The van der Waals surface area contributed by atoms with Crippen LogP contribution in [0.5, 0.6) is 0 Å². The molecule has 2 aromatic heterocycles. The first-order chi connectivity index (χ1) is 18.5. The number of carbonyl (C=O) groups excluding carboxylic acids is 2. The minimum absolute atomic E-state index is 0.0128. The number of hydrogen-bond donors (Lipinski definition) is 2. The predicted octanol–water partition coefficient (Wildman–Crippen LogP) is 4.93. The Labute approximate surface area is 221 Å². The van der Waals surface area contributed by atoms with Gasteiger partial charge in [0.05, 0.1) is 5.54 Å². The summed E-state index contributed by atoms with van der Waals surface area (Å²) >= 11 is 0. The summed E-state index contributed by atoms with van der Waals surface area (Å²) in [5.41, 5.74) is 6.84. The van der Waals surface area contributed by atoms with Gasteiger partial charge in [-0.15, -0.1) is 0 Å². The number of anilines is 1. The monoisotopic (exact) mass is 509 g/mol. The van der Waals surface area contributed by atoms with Gasteiger partial charge in [0.15, 0.2) is 0 Å². The summed E-state index contributed by atoms with van der Waals surface area (Å²) in [6.07, 6.45) is 5.00. The number of benzene rings is 2. The van der Waals surface area contributed by atoms with Gasteiger partial charge >= 0.3 is 0 Å². The Morgan fingerprint density at radius 1 is 0.947 bits per heavy atom. The molecule has 8 heteroatoms. The molecule has 0 saturated heterocycles. The lowest BCUT2D eigenvalue weighted by atomic mass is 9.71. The molecule has 2 aromatic carbocycles. The topological polar surface area (TPSA) is 92.4 Å². The Morgan fingerprint density at radius 2 is 1.71 bits per heavy atom. The zero-order chi connectivity index (χ0) is 26.1. The maximum atomic E-state index is 13.2. The fraction of sp³-hybridized carbons (Fsp3) is 0.300. The van der Waals surface area contributed by atoms with E-state index in [2.05, 4.69) is 55.6 Å². The van der Waals surface area contributed by atoms with E-state index in [1.807, 2.05) is 36.4 Å². The van der Waals surface area contributed by atoms with E-state index in [1.54, 1.807) is 6.26 Å².